The lowest BCUT2D eigenvalue weighted by Gasteiger charge is -2.39. The molecule has 5 atom stereocenters. The highest BCUT2D eigenvalue weighted by Crippen LogP contribution is 2.38. The fraction of sp³-hybridized carbons (Fsp3) is 0.615. The summed E-state index contributed by atoms with van der Waals surface area (Å²) in [6, 6.07) is 6.19. The molecule has 1 N–H and O–H groups in total. The van der Waals surface area contributed by atoms with Crippen LogP contribution in [0.4, 0.5) is 9.18 Å². The summed E-state index contributed by atoms with van der Waals surface area (Å²) in [5.74, 6) is -0.752. The van der Waals surface area contributed by atoms with Gasteiger partial charge in [-0.25, -0.2) is 9.18 Å². The van der Waals surface area contributed by atoms with Crippen LogP contribution in [0.1, 0.15) is 58.6 Å². The Labute approximate surface area is 211 Å². The predicted octanol–water partition coefficient (Wildman–Crippen LogP) is 2.58. The van der Waals surface area contributed by atoms with E-state index in [1.165, 1.54) is 17.0 Å². The standard InChI is InChI=1S/C26H34FN5O4/c1-16(17-7-5-8-18(27)11-17)32-20-12-22(24(32)34)30(14-20)15-21(29-25(35)36-26(2,3)4)23(33)31-10-6-9-19(31)13-28/h5,7-8,11,16,19-22H,6,9-10,12,14-15H2,1-4H3,(H,29,35)/t16-,19+,20?,21+,22+/m1/s1. The van der Waals surface area contributed by atoms with Crippen LogP contribution in [-0.2, 0) is 14.3 Å². The summed E-state index contributed by atoms with van der Waals surface area (Å²) in [6.45, 7) is 8.24. The van der Waals surface area contributed by atoms with Gasteiger partial charge in [-0.1, -0.05) is 12.1 Å². The second-order valence-corrected chi connectivity index (χ2v) is 10.9. The number of hydrogen-bond acceptors (Lipinski definition) is 6. The first-order chi connectivity index (χ1) is 17.0. The van der Waals surface area contributed by atoms with E-state index in [1.807, 2.05) is 17.9 Å². The molecule has 4 rings (SSSR count). The third kappa shape index (κ3) is 5.31. The van der Waals surface area contributed by atoms with Crippen LogP contribution in [0.3, 0.4) is 0 Å². The van der Waals surface area contributed by atoms with Crippen molar-refractivity contribution in [2.24, 2.45) is 0 Å². The minimum absolute atomic E-state index is 0.0671. The molecule has 3 saturated heterocycles. The van der Waals surface area contributed by atoms with E-state index in [0.717, 1.165) is 12.0 Å². The van der Waals surface area contributed by atoms with E-state index < -0.39 is 29.8 Å². The molecule has 0 radical (unpaired) electrons. The minimum Gasteiger partial charge on any atom is -0.444 e. The Morgan fingerprint density at radius 3 is 2.72 bits per heavy atom. The van der Waals surface area contributed by atoms with Gasteiger partial charge in [-0.3, -0.25) is 14.5 Å². The van der Waals surface area contributed by atoms with Crippen molar-refractivity contribution in [2.75, 3.05) is 19.6 Å². The zero-order chi connectivity index (χ0) is 26.2. The van der Waals surface area contributed by atoms with Gasteiger partial charge in [0.25, 0.3) is 0 Å². The fourth-order valence-electron chi connectivity index (χ4n) is 5.56. The number of carbonyl (C=O) groups is 3. The van der Waals surface area contributed by atoms with Gasteiger partial charge in [-0.2, -0.15) is 5.26 Å². The zero-order valence-corrected chi connectivity index (χ0v) is 21.2. The van der Waals surface area contributed by atoms with Gasteiger partial charge in [-0.15, -0.1) is 0 Å². The number of nitriles is 1. The van der Waals surface area contributed by atoms with Gasteiger partial charge >= 0.3 is 6.09 Å². The molecule has 2 bridgehead atoms. The lowest BCUT2D eigenvalue weighted by molar-refractivity contribution is -0.141. The van der Waals surface area contributed by atoms with Gasteiger partial charge in [0.05, 0.1) is 18.2 Å². The summed E-state index contributed by atoms with van der Waals surface area (Å²) in [6.07, 6.45) is 1.21. The van der Waals surface area contributed by atoms with Crippen molar-refractivity contribution in [1.82, 2.24) is 20.0 Å². The molecular weight excluding hydrogens is 465 g/mol. The van der Waals surface area contributed by atoms with Crippen molar-refractivity contribution in [2.45, 2.75) is 82.8 Å². The molecule has 3 aliphatic heterocycles. The number of nitrogens with one attached hydrogen (secondary N) is 1. The molecule has 0 saturated carbocycles. The number of hydrogen-bond donors (Lipinski definition) is 1. The van der Waals surface area contributed by atoms with Crippen LogP contribution in [0, 0.1) is 17.1 Å². The van der Waals surface area contributed by atoms with Crippen LogP contribution in [0.5, 0.6) is 0 Å². The first kappa shape index (κ1) is 25.9. The van der Waals surface area contributed by atoms with Crippen molar-refractivity contribution in [3.63, 3.8) is 0 Å². The van der Waals surface area contributed by atoms with E-state index in [2.05, 4.69) is 11.4 Å². The summed E-state index contributed by atoms with van der Waals surface area (Å²) >= 11 is 0. The van der Waals surface area contributed by atoms with Crippen LogP contribution >= 0.6 is 0 Å². The smallest absolute Gasteiger partial charge is 0.408 e. The Hall–Kier alpha value is -3.19. The van der Waals surface area contributed by atoms with Gasteiger partial charge in [0, 0.05) is 25.7 Å². The Morgan fingerprint density at radius 2 is 2.08 bits per heavy atom. The molecule has 36 heavy (non-hydrogen) atoms. The van der Waals surface area contributed by atoms with E-state index in [4.69, 9.17) is 4.74 Å². The van der Waals surface area contributed by atoms with Crippen LogP contribution in [0.15, 0.2) is 24.3 Å². The van der Waals surface area contributed by atoms with E-state index in [0.29, 0.717) is 25.9 Å². The summed E-state index contributed by atoms with van der Waals surface area (Å²) in [4.78, 5) is 44.6. The highest BCUT2D eigenvalue weighted by atomic mass is 19.1. The highest BCUT2D eigenvalue weighted by molar-refractivity contribution is 5.88. The predicted molar refractivity (Wildman–Crippen MR) is 129 cm³/mol. The fourth-order valence-corrected chi connectivity index (χ4v) is 5.56. The third-order valence-corrected chi connectivity index (χ3v) is 7.15. The molecule has 3 heterocycles. The SMILES string of the molecule is C[C@H](c1cccc(F)c1)N1C(=O)[C@@H]2CC1CN2C[C@H](NC(=O)OC(C)(C)C)C(=O)N1CCC[C@H]1C#N. The number of likely N-dealkylation sites (tertiary alicyclic amines) is 3. The molecule has 0 spiro atoms. The van der Waals surface area contributed by atoms with Crippen LogP contribution in [0.25, 0.3) is 0 Å². The molecule has 10 heteroatoms. The molecule has 3 aliphatic rings. The van der Waals surface area contributed by atoms with Crippen molar-refractivity contribution in [3.8, 4) is 6.07 Å². The first-order valence-electron chi connectivity index (χ1n) is 12.5. The molecule has 9 nitrogen and oxygen atoms in total. The lowest BCUT2D eigenvalue weighted by atomic mass is 10.1. The number of ether oxygens (including phenoxy) is 1. The van der Waals surface area contributed by atoms with Gasteiger partial charge in [0.1, 0.15) is 23.5 Å². The number of benzene rings is 1. The van der Waals surface area contributed by atoms with E-state index in [9.17, 15) is 24.0 Å². The molecular formula is C26H34FN5O4. The maximum atomic E-state index is 13.8. The van der Waals surface area contributed by atoms with Crippen molar-refractivity contribution in [1.29, 1.82) is 5.26 Å². The summed E-state index contributed by atoms with van der Waals surface area (Å²) in [5.41, 5.74) is -0.00446. The lowest BCUT2D eigenvalue weighted by Crippen LogP contribution is -2.59. The highest BCUT2D eigenvalue weighted by Gasteiger charge is 2.52. The Bertz CT molecular complexity index is 1070. The number of alkyl carbamates (subject to hydrolysis) is 1. The molecule has 1 aromatic carbocycles. The minimum atomic E-state index is -0.949. The summed E-state index contributed by atoms with van der Waals surface area (Å²) < 4.78 is 19.1. The van der Waals surface area contributed by atoms with Gasteiger partial charge in [0.2, 0.25) is 11.8 Å². The Kier molecular flexibility index (Phi) is 7.23. The Morgan fingerprint density at radius 1 is 1.33 bits per heavy atom. The topological polar surface area (TPSA) is 106 Å². The number of nitrogens with zero attached hydrogens (tertiary/aromatic N) is 4. The molecule has 3 fully saturated rings. The molecule has 0 aromatic heterocycles. The molecule has 1 unspecified atom stereocenters. The summed E-state index contributed by atoms with van der Waals surface area (Å²) in [5, 5.41) is 12.2. The Balaban J connectivity index is 1.48. The maximum absolute atomic E-state index is 13.8. The number of piperazine rings is 1. The van der Waals surface area contributed by atoms with Crippen molar-refractivity contribution in [3.05, 3.63) is 35.6 Å². The normalized spacial score (nSPS) is 25.6. The average molecular weight is 500 g/mol. The second-order valence-electron chi connectivity index (χ2n) is 10.9. The zero-order valence-electron chi connectivity index (χ0n) is 21.2. The molecule has 3 amide bonds. The van der Waals surface area contributed by atoms with Crippen LogP contribution in [0.2, 0.25) is 0 Å². The monoisotopic (exact) mass is 499 g/mol. The summed E-state index contributed by atoms with van der Waals surface area (Å²) in [7, 11) is 0. The van der Waals surface area contributed by atoms with E-state index in [1.54, 1.807) is 31.7 Å². The van der Waals surface area contributed by atoms with Crippen molar-refractivity contribution < 1.29 is 23.5 Å². The molecule has 0 aliphatic carbocycles. The van der Waals surface area contributed by atoms with Gasteiger partial charge in [-0.05, 0) is 64.7 Å². The van der Waals surface area contributed by atoms with Gasteiger partial charge in [0.15, 0.2) is 0 Å². The molecule has 1 aromatic rings. The second kappa shape index (κ2) is 10.1. The largest absolute Gasteiger partial charge is 0.444 e. The quantitative estimate of drug-likeness (QED) is 0.645. The van der Waals surface area contributed by atoms with Gasteiger partial charge < -0.3 is 19.9 Å². The number of halogens is 1. The van der Waals surface area contributed by atoms with Crippen LogP contribution in [-0.4, -0.2) is 82.0 Å². The van der Waals surface area contributed by atoms with Crippen LogP contribution < -0.4 is 5.32 Å². The average Bonchev–Trinajstić information content (AvgIpc) is 3.51. The number of carbonyl (C=O) groups excluding carboxylic acids is 3. The van der Waals surface area contributed by atoms with E-state index >= 15 is 0 Å². The maximum Gasteiger partial charge on any atom is 0.408 e. The number of amides is 3. The number of fused-ring (bicyclic) bond motifs is 2. The first-order valence-corrected chi connectivity index (χ1v) is 12.5. The number of rotatable bonds is 6. The van der Waals surface area contributed by atoms with Crippen molar-refractivity contribution >= 4 is 17.9 Å². The third-order valence-electron chi connectivity index (χ3n) is 7.15. The molecule has 194 valence electrons. The van der Waals surface area contributed by atoms with E-state index in [-0.39, 0.29) is 36.3 Å².